The first kappa shape index (κ1) is 15.4. The Kier molecular flexibility index (Phi) is 5.52. The number of ether oxygens (including phenoxy) is 1. The van der Waals surface area contributed by atoms with Gasteiger partial charge in [0.2, 0.25) is 0 Å². The quantitative estimate of drug-likeness (QED) is 0.915. The van der Waals surface area contributed by atoms with Crippen molar-refractivity contribution >= 4 is 0 Å². The van der Waals surface area contributed by atoms with Crippen LogP contribution in [0.2, 0.25) is 0 Å². The van der Waals surface area contributed by atoms with E-state index in [4.69, 9.17) is 4.74 Å². The van der Waals surface area contributed by atoms with E-state index in [2.05, 4.69) is 48.1 Å². The van der Waals surface area contributed by atoms with Crippen molar-refractivity contribution in [2.45, 2.75) is 45.8 Å². The van der Waals surface area contributed by atoms with Gasteiger partial charge in [-0.15, -0.1) is 0 Å². The Labute approximate surface area is 122 Å². The van der Waals surface area contributed by atoms with Gasteiger partial charge in [0.05, 0.1) is 12.3 Å². The van der Waals surface area contributed by atoms with Crippen LogP contribution in [0.15, 0.2) is 18.3 Å². The van der Waals surface area contributed by atoms with Crippen molar-refractivity contribution in [2.24, 2.45) is 0 Å². The number of nitrogens with one attached hydrogen (secondary N) is 1. The lowest BCUT2D eigenvalue weighted by atomic mass is 10.1. The average molecular weight is 277 g/mol. The summed E-state index contributed by atoms with van der Waals surface area (Å²) in [5, 5.41) is 3.48. The Bertz CT molecular complexity index is 389. The van der Waals surface area contributed by atoms with Crippen molar-refractivity contribution < 1.29 is 4.74 Å². The van der Waals surface area contributed by atoms with Gasteiger partial charge in [-0.05, 0) is 38.8 Å². The predicted octanol–water partition coefficient (Wildman–Crippen LogP) is 2.19. The summed E-state index contributed by atoms with van der Waals surface area (Å²) in [6, 6.07) is 4.32. The molecule has 2 rings (SSSR count). The predicted molar refractivity (Wildman–Crippen MR) is 81.5 cm³/mol. The minimum atomic E-state index is 0.144. The van der Waals surface area contributed by atoms with E-state index in [1.54, 1.807) is 0 Å². The van der Waals surface area contributed by atoms with Crippen LogP contribution in [0.3, 0.4) is 0 Å². The summed E-state index contributed by atoms with van der Waals surface area (Å²) < 4.78 is 5.47. The molecule has 1 N–H and O–H groups in total. The van der Waals surface area contributed by atoms with Crippen LogP contribution < -0.4 is 5.32 Å². The highest BCUT2D eigenvalue weighted by atomic mass is 16.5. The smallest absolute Gasteiger partial charge is 0.0593 e. The molecule has 1 saturated heterocycles. The van der Waals surface area contributed by atoms with Crippen molar-refractivity contribution in [3.63, 3.8) is 0 Å². The van der Waals surface area contributed by atoms with E-state index in [0.29, 0.717) is 0 Å². The molecule has 1 aliphatic rings. The van der Waals surface area contributed by atoms with Gasteiger partial charge >= 0.3 is 0 Å². The number of aromatic nitrogens is 1. The normalized spacial score (nSPS) is 17.9. The molecule has 0 saturated carbocycles. The standard InChI is InChI=1S/C16H27N3O/c1-16(2,3)18-12-14-5-6-15(17-11-14)13-19-7-4-9-20-10-8-19/h5-6,11,18H,4,7-10,12-13H2,1-3H3. The van der Waals surface area contributed by atoms with Crippen molar-refractivity contribution in [3.8, 4) is 0 Å². The zero-order chi connectivity index (χ0) is 14.4. The molecule has 4 heteroatoms. The summed E-state index contributed by atoms with van der Waals surface area (Å²) in [5.41, 5.74) is 2.53. The molecule has 0 spiro atoms. The number of rotatable bonds is 4. The molecule has 0 radical (unpaired) electrons. The second-order valence-electron chi connectivity index (χ2n) is 6.50. The van der Waals surface area contributed by atoms with Gasteiger partial charge in [-0.1, -0.05) is 6.07 Å². The minimum Gasteiger partial charge on any atom is -0.380 e. The average Bonchev–Trinajstić information content (AvgIpc) is 2.66. The molecule has 0 aliphatic carbocycles. The minimum absolute atomic E-state index is 0.144. The Morgan fingerprint density at radius 1 is 1.25 bits per heavy atom. The molecule has 1 fully saturated rings. The molecule has 0 atom stereocenters. The van der Waals surface area contributed by atoms with Gasteiger partial charge in [0.25, 0.3) is 0 Å². The summed E-state index contributed by atoms with van der Waals surface area (Å²) in [4.78, 5) is 7.00. The fraction of sp³-hybridized carbons (Fsp3) is 0.688. The van der Waals surface area contributed by atoms with Crippen molar-refractivity contribution in [3.05, 3.63) is 29.6 Å². The molecule has 4 nitrogen and oxygen atoms in total. The van der Waals surface area contributed by atoms with Gasteiger partial charge < -0.3 is 10.1 Å². The van der Waals surface area contributed by atoms with Crippen LogP contribution in [0.1, 0.15) is 38.4 Å². The zero-order valence-corrected chi connectivity index (χ0v) is 13.0. The molecule has 20 heavy (non-hydrogen) atoms. The van der Waals surface area contributed by atoms with E-state index in [1.807, 2.05) is 6.20 Å². The molecule has 0 aromatic carbocycles. The van der Waals surface area contributed by atoms with Crippen LogP contribution in [0.25, 0.3) is 0 Å². The SMILES string of the molecule is CC(C)(C)NCc1ccc(CN2CCCOCC2)nc1. The molecule has 0 bridgehead atoms. The van der Waals surface area contributed by atoms with Crippen LogP contribution in [0.4, 0.5) is 0 Å². The van der Waals surface area contributed by atoms with Gasteiger partial charge in [0.1, 0.15) is 0 Å². The first-order chi connectivity index (χ1) is 9.53. The third-order valence-corrected chi connectivity index (χ3v) is 3.41. The maximum Gasteiger partial charge on any atom is 0.0593 e. The Morgan fingerprint density at radius 2 is 2.10 bits per heavy atom. The molecule has 1 aliphatic heterocycles. The lowest BCUT2D eigenvalue weighted by Crippen LogP contribution is -2.35. The second-order valence-corrected chi connectivity index (χ2v) is 6.50. The van der Waals surface area contributed by atoms with Gasteiger partial charge in [0.15, 0.2) is 0 Å². The molecule has 0 amide bonds. The number of hydrogen-bond donors (Lipinski definition) is 1. The topological polar surface area (TPSA) is 37.4 Å². The Morgan fingerprint density at radius 3 is 2.80 bits per heavy atom. The number of nitrogens with zero attached hydrogens (tertiary/aromatic N) is 2. The lowest BCUT2D eigenvalue weighted by Gasteiger charge is -2.21. The zero-order valence-electron chi connectivity index (χ0n) is 13.0. The summed E-state index contributed by atoms with van der Waals surface area (Å²) in [5.74, 6) is 0. The molecular weight excluding hydrogens is 250 g/mol. The fourth-order valence-corrected chi connectivity index (χ4v) is 2.21. The van der Waals surface area contributed by atoms with Gasteiger partial charge in [-0.3, -0.25) is 9.88 Å². The highest BCUT2D eigenvalue weighted by Gasteiger charge is 2.11. The third-order valence-electron chi connectivity index (χ3n) is 3.41. The monoisotopic (exact) mass is 277 g/mol. The highest BCUT2D eigenvalue weighted by molar-refractivity contribution is 5.14. The second kappa shape index (κ2) is 7.16. The van der Waals surface area contributed by atoms with E-state index >= 15 is 0 Å². The number of pyridine rings is 1. The van der Waals surface area contributed by atoms with Gasteiger partial charge in [0, 0.05) is 44.5 Å². The summed E-state index contributed by atoms with van der Waals surface area (Å²) in [6.07, 6.45) is 3.11. The van der Waals surface area contributed by atoms with Crippen molar-refractivity contribution in [2.75, 3.05) is 26.3 Å². The van der Waals surface area contributed by atoms with E-state index in [0.717, 1.165) is 51.5 Å². The van der Waals surface area contributed by atoms with Crippen LogP contribution in [-0.2, 0) is 17.8 Å². The maximum atomic E-state index is 5.47. The van der Waals surface area contributed by atoms with Crippen LogP contribution in [0, 0.1) is 0 Å². The third kappa shape index (κ3) is 5.57. The lowest BCUT2D eigenvalue weighted by molar-refractivity contribution is 0.140. The summed E-state index contributed by atoms with van der Waals surface area (Å²) >= 11 is 0. The van der Waals surface area contributed by atoms with Crippen molar-refractivity contribution in [1.82, 2.24) is 15.2 Å². The molecule has 1 aromatic rings. The largest absolute Gasteiger partial charge is 0.380 e. The molecule has 1 aromatic heterocycles. The summed E-state index contributed by atoms with van der Waals surface area (Å²) in [6.45, 7) is 12.2. The number of hydrogen-bond acceptors (Lipinski definition) is 4. The van der Waals surface area contributed by atoms with Crippen LogP contribution in [-0.4, -0.2) is 41.7 Å². The van der Waals surface area contributed by atoms with E-state index in [-0.39, 0.29) is 5.54 Å². The van der Waals surface area contributed by atoms with Crippen molar-refractivity contribution in [1.29, 1.82) is 0 Å². The molecule has 112 valence electrons. The molecule has 0 unspecified atom stereocenters. The van der Waals surface area contributed by atoms with E-state index in [1.165, 1.54) is 5.56 Å². The van der Waals surface area contributed by atoms with Gasteiger partial charge in [-0.25, -0.2) is 0 Å². The van der Waals surface area contributed by atoms with Gasteiger partial charge in [-0.2, -0.15) is 0 Å². The summed E-state index contributed by atoms with van der Waals surface area (Å²) in [7, 11) is 0. The van der Waals surface area contributed by atoms with Crippen LogP contribution >= 0.6 is 0 Å². The Balaban J connectivity index is 1.84. The first-order valence-corrected chi connectivity index (χ1v) is 7.52. The molecule has 2 heterocycles. The van der Waals surface area contributed by atoms with E-state index in [9.17, 15) is 0 Å². The highest BCUT2D eigenvalue weighted by Crippen LogP contribution is 2.08. The van der Waals surface area contributed by atoms with E-state index < -0.39 is 0 Å². The fourth-order valence-electron chi connectivity index (χ4n) is 2.21. The van der Waals surface area contributed by atoms with Crippen LogP contribution in [0.5, 0.6) is 0 Å². The Hall–Kier alpha value is -0.970. The molecular formula is C16H27N3O. The maximum absolute atomic E-state index is 5.47. The first-order valence-electron chi connectivity index (χ1n) is 7.52.